The van der Waals surface area contributed by atoms with E-state index in [0.717, 1.165) is 0 Å². The third-order valence-electron chi connectivity index (χ3n) is 1.92. The molecule has 0 aliphatic carbocycles. The number of carboxylic acids is 4. The largest absolute Gasteiger partial charge is 0.481 e. The molecule has 8 heteroatoms. The normalized spacial score (nSPS) is 10.8. The van der Waals surface area contributed by atoms with E-state index in [2.05, 4.69) is 0 Å². The van der Waals surface area contributed by atoms with Gasteiger partial charge < -0.3 is 20.4 Å². The first-order chi connectivity index (χ1) is 7.19. The SMILES string of the molecule is O=C(O)CC(CC(=O)O)(CC(=O)O)C(=O)O. The van der Waals surface area contributed by atoms with Crippen LogP contribution in [0.3, 0.4) is 0 Å². The second-order valence-corrected chi connectivity index (χ2v) is 3.30. The van der Waals surface area contributed by atoms with Gasteiger partial charge >= 0.3 is 23.9 Å². The van der Waals surface area contributed by atoms with Crippen LogP contribution in [-0.4, -0.2) is 44.3 Å². The lowest BCUT2D eigenvalue weighted by Crippen LogP contribution is -2.38. The van der Waals surface area contributed by atoms with Crippen molar-refractivity contribution in [3.63, 3.8) is 0 Å². The van der Waals surface area contributed by atoms with Crippen molar-refractivity contribution in [3.05, 3.63) is 0 Å². The summed E-state index contributed by atoms with van der Waals surface area (Å²) in [5.74, 6) is -6.44. The zero-order valence-electron chi connectivity index (χ0n) is 8.04. The van der Waals surface area contributed by atoms with Gasteiger partial charge in [-0.3, -0.25) is 19.2 Å². The molecule has 0 amide bonds. The molecule has 0 saturated heterocycles. The highest BCUT2D eigenvalue weighted by Gasteiger charge is 2.44. The molecule has 4 N–H and O–H groups in total. The lowest BCUT2D eigenvalue weighted by molar-refractivity contribution is -0.164. The van der Waals surface area contributed by atoms with Gasteiger partial charge in [-0.2, -0.15) is 0 Å². The zero-order valence-corrected chi connectivity index (χ0v) is 8.04. The Balaban J connectivity index is 5.19. The van der Waals surface area contributed by atoms with Crippen molar-refractivity contribution in [2.45, 2.75) is 19.3 Å². The number of rotatable bonds is 7. The number of hydrogen-bond donors (Lipinski definition) is 4. The molecule has 0 unspecified atom stereocenters. The number of hydrogen-bond acceptors (Lipinski definition) is 4. The van der Waals surface area contributed by atoms with Crippen molar-refractivity contribution >= 4 is 23.9 Å². The fourth-order valence-electron chi connectivity index (χ4n) is 1.28. The summed E-state index contributed by atoms with van der Waals surface area (Å²) in [6.07, 6.45) is -3.16. The topological polar surface area (TPSA) is 149 Å². The van der Waals surface area contributed by atoms with Crippen molar-refractivity contribution in [1.29, 1.82) is 0 Å². The highest BCUT2D eigenvalue weighted by Crippen LogP contribution is 2.31. The highest BCUT2D eigenvalue weighted by atomic mass is 16.4. The van der Waals surface area contributed by atoms with Gasteiger partial charge in [0.1, 0.15) is 0 Å². The summed E-state index contributed by atoms with van der Waals surface area (Å²) in [5.41, 5.74) is -2.32. The molecule has 0 aromatic heterocycles. The molecule has 0 radical (unpaired) electrons. The Morgan fingerprint density at radius 1 is 0.688 bits per heavy atom. The summed E-state index contributed by atoms with van der Waals surface area (Å²) in [6, 6.07) is 0. The first-order valence-corrected chi connectivity index (χ1v) is 4.08. The minimum atomic E-state index is -2.32. The summed E-state index contributed by atoms with van der Waals surface area (Å²) in [7, 11) is 0. The fourth-order valence-corrected chi connectivity index (χ4v) is 1.28. The van der Waals surface area contributed by atoms with Crippen molar-refractivity contribution in [1.82, 2.24) is 0 Å². The van der Waals surface area contributed by atoms with E-state index in [0.29, 0.717) is 0 Å². The predicted molar refractivity (Wildman–Crippen MR) is 46.8 cm³/mol. The van der Waals surface area contributed by atoms with Gasteiger partial charge in [0, 0.05) is 0 Å². The molecule has 0 aromatic rings. The summed E-state index contributed by atoms with van der Waals surface area (Å²) in [6.45, 7) is 0. The Morgan fingerprint density at radius 2 is 0.938 bits per heavy atom. The van der Waals surface area contributed by atoms with E-state index >= 15 is 0 Å². The van der Waals surface area contributed by atoms with Gasteiger partial charge in [-0.05, 0) is 0 Å². The minimum absolute atomic E-state index is 1.05. The van der Waals surface area contributed by atoms with Crippen LogP contribution in [0.1, 0.15) is 19.3 Å². The molecule has 0 heterocycles. The van der Waals surface area contributed by atoms with Crippen molar-refractivity contribution in [3.8, 4) is 0 Å². The van der Waals surface area contributed by atoms with E-state index in [9.17, 15) is 19.2 Å². The monoisotopic (exact) mass is 234 g/mol. The Labute approximate surface area is 89.1 Å². The molecule has 90 valence electrons. The first kappa shape index (κ1) is 13.9. The smallest absolute Gasteiger partial charge is 0.311 e. The van der Waals surface area contributed by atoms with E-state index in [1.54, 1.807) is 0 Å². The van der Waals surface area contributed by atoms with Crippen LogP contribution in [0.2, 0.25) is 0 Å². The van der Waals surface area contributed by atoms with Gasteiger partial charge in [0.2, 0.25) is 0 Å². The summed E-state index contributed by atoms with van der Waals surface area (Å²) in [4.78, 5) is 42.1. The predicted octanol–water partition coefficient (Wildman–Crippen LogP) is -0.519. The third-order valence-corrected chi connectivity index (χ3v) is 1.92. The number of carbonyl (C=O) groups is 4. The second-order valence-electron chi connectivity index (χ2n) is 3.30. The molecule has 0 aliphatic heterocycles. The molecule has 0 fully saturated rings. The summed E-state index contributed by atoms with van der Waals surface area (Å²) in [5, 5.41) is 34.2. The van der Waals surface area contributed by atoms with Crippen LogP contribution >= 0.6 is 0 Å². The van der Waals surface area contributed by atoms with E-state index in [1.807, 2.05) is 0 Å². The molecule has 8 nitrogen and oxygen atoms in total. The third kappa shape index (κ3) is 3.95. The Kier molecular flexibility index (Phi) is 4.42. The Bertz CT molecular complexity index is 290. The molecule has 0 aliphatic rings. The molecule has 0 atom stereocenters. The molecule has 0 saturated carbocycles. The molecular formula is C8H10O8. The lowest BCUT2D eigenvalue weighted by atomic mass is 9.78. The van der Waals surface area contributed by atoms with Gasteiger partial charge in [-0.25, -0.2) is 0 Å². The van der Waals surface area contributed by atoms with Crippen molar-refractivity contribution < 1.29 is 39.6 Å². The lowest BCUT2D eigenvalue weighted by Gasteiger charge is -2.23. The fraction of sp³-hybridized carbons (Fsp3) is 0.500. The second kappa shape index (κ2) is 5.10. The molecule has 0 bridgehead atoms. The zero-order chi connectivity index (χ0) is 12.9. The maximum Gasteiger partial charge on any atom is 0.311 e. The summed E-state index contributed by atoms with van der Waals surface area (Å²) < 4.78 is 0. The van der Waals surface area contributed by atoms with Gasteiger partial charge in [-0.1, -0.05) is 0 Å². The van der Waals surface area contributed by atoms with E-state index < -0.39 is 48.6 Å². The quantitative estimate of drug-likeness (QED) is 0.459. The van der Waals surface area contributed by atoms with Crippen LogP contribution < -0.4 is 0 Å². The van der Waals surface area contributed by atoms with E-state index in [4.69, 9.17) is 20.4 Å². The van der Waals surface area contributed by atoms with Gasteiger partial charge in [0.25, 0.3) is 0 Å². The molecule has 16 heavy (non-hydrogen) atoms. The maximum absolute atomic E-state index is 10.8. The summed E-state index contributed by atoms with van der Waals surface area (Å²) >= 11 is 0. The van der Waals surface area contributed by atoms with E-state index in [1.165, 1.54) is 0 Å². The average Bonchev–Trinajstić information content (AvgIpc) is 1.98. The van der Waals surface area contributed by atoms with Crippen LogP contribution in [0, 0.1) is 5.41 Å². The van der Waals surface area contributed by atoms with Crippen molar-refractivity contribution in [2.75, 3.05) is 0 Å². The molecule has 0 aromatic carbocycles. The minimum Gasteiger partial charge on any atom is -0.481 e. The molecular weight excluding hydrogens is 224 g/mol. The number of carboxylic acid groups (broad SMARTS) is 4. The van der Waals surface area contributed by atoms with Crippen LogP contribution in [0.25, 0.3) is 0 Å². The van der Waals surface area contributed by atoms with Gasteiger partial charge in [-0.15, -0.1) is 0 Å². The van der Waals surface area contributed by atoms with Crippen LogP contribution in [0.15, 0.2) is 0 Å². The Hall–Kier alpha value is -2.12. The average molecular weight is 234 g/mol. The molecule has 0 rings (SSSR count). The van der Waals surface area contributed by atoms with Crippen molar-refractivity contribution in [2.24, 2.45) is 5.41 Å². The maximum atomic E-state index is 10.8. The highest BCUT2D eigenvalue weighted by molar-refractivity contribution is 5.89. The number of aliphatic carboxylic acids is 4. The first-order valence-electron chi connectivity index (χ1n) is 4.08. The Morgan fingerprint density at radius 3 is 1.06 bits per heavy atom. The van der Waals surface area contributed by atoms with Gasteiger partial charge in [0.05, 0.1) is 24.7 Å². The molecule has 0 spiro atoms. The van der Waals surface area contributed by atoms with E-state index in [-0.39, 0.29) is 0 Å². The standard InChI is InChI=1S/C8H10O8/c9-4(10)1-8(7(15)16,2-5(11)12)3-6(13)14/h1-3H2,(H,9,10)(H,11,12)(H,13,14)(H,15,16). The van der Waals surface area contributed by atoms with Gasteiger partial charge in [0.15, 0.2) is 0 Å². The van der Waals surface area contributed by atoms with Crippen LogP contribution in [-0.2, 0) is 19.2 Å². The van der Waals surface area contributed by atoms with Crippen LogP contribution in [0.5, 0.6) is 0 Å². The van der Waals surface area contributed by atoms with Crippen LogP contribution in [0.4, 0.5) is 0 Å².